The molecule has 3 saturated heterocycles. The number of nitrogens with one attached hydrogen (secondary N) is 6. The summed E-state index contributed by atoms with van der Waals surface area (Å²) in [5, 5.41) is 22.3. The van der Waals surface area contributed by atoms with Crippen molar-refractivity contribution in [1.29, 1.82) is 0 Å². The van der Waals surface area contributed by atoms with Crippen LogP contribution in [0, 0.1) is 17.8 Å². The number of rotatable bonds is 12. The van der Waals surface area contributed by atoms with Gasteiger partial charge in [-0.3, -0.25) is 0 Å². The molecule has 4 rings (SSSR count). The van der Waals surface area contributed by atoms with Gasteiger partial charge in [-0.15, -0.1) is 0 Å². The summed E-state index contributed by atoms with van der Waals surface area (Å²) in [6.45, 7) is 31.9. The Morgan fingerprint density at radius 3 is 1.17 bits per heavy atom. The molecule has 1 aromatic heterocycles. The summed E-state index contributed by atoms with van der Waals surface area (Å²) in [4.78, 5) is 14.6. The Bertz CT molecular complexity index is 1050. The summed E-state index contributed by atoms with van der Waals surface area (Å²) in [5.74, 6) is 3.94. The second-order valence-electron chi connectivity index (χ2n) is 19.5. The van der Waals surface area contributed by atoms with Crippen LogP contribution >= 0.6 is 0 Å². The monoisotopic (exact) mass is 642 g/mol. The quantitative estimate of drug-likeness (QED) is 0.140. The van der Waals surface area contributed by atoms with Crippen LogP contribution in [0.5, 0.6) is 0 Å². The first-order valence-corrected chi connectivity index (χ1v) is 18.4. The normalized spacial score (nSPS) is 26.3. The van der Waals surface area contributed by atoms with Gasteiger partial charge in [0, 0.05) is 52.4 Å². The fourth-order valence-electron chi connectivity index (χ4n) is 10.3. The van der Waals surface area contributed by atoms with E-state index in [4.69, 9.17) is 15.0 Å². The fourth-order valence-corrected chi connectivity index (χ4v) is 10.3. The van der Waals surface area contributed by atoms with Crippen molar-refractivity contribution in [2.75, 3.05) is 29.0 Å². The van der Waals surface area contributed by atoms with Crippen LogP contribution in [0.15, 0.2) is 0 Å². The molecule has 0 spiro atoms. The Kier molecular flexibility index (Phi) is 11.0. The molecule has 0 aliphatic carbocycles. The van der Waals surface area contributed by atoms with Crippen LogP contribution in [-0.2, 0) is 0 Å². The molecule has 0 saturated carbocycles. The first kappa shape index (κ1) is 37.1. The molecule has 1 unspecified atom stereocenters. The SMILES string of the molecule is CC(CC1CC(C)(C)NC(C)(C)C1)Nc1nc(NCCC2CC(C)(C)NC(C)(C)C2)nc(NCCC2CC(C)(C)NC(C)(C)C2)n1. The van der Waals surface area contributed by atoms with Gasteiger partial charge < -0.3 is 31.9 Å². The minimum absolute atomic E-state index is 0.144. The van der Waals surface area contributed by atoms with Gasteiger partial charge in [-0.25, -0.2) is 0 Å². The lowest BCUT2D eigenvalue weighted by Crippen LogP contribution is -2.58. The van der Waals surface area contributed by atoms with Gasteiger partial charge in [0.25, 0.3) is 0 Å². The van der Waals surface area contributed by atoms with Crippen LogP contribution in [0.1, 0.15) is 148 Å². The van der Waals surface area contributed by atoms with Crippen LogP contribution in [-0.4, -0.2) is 67.3 Å². The van der Waals surface area contributed by atoms with Gasteiger partial charge in [0.05, 0.1) is 0 Å². The largest absolute Gasteiger partial charge is 0.354 e. The molecule has 0 aromatic carbocycles. The molecule has 0 bridgehead atoms. The summed E-state index contributed by atoms with van der Waals surface area (Å²) in [7, 11) is 0. The third-order valence-electron chi connectivity index (χ3n) is 10.2. The summed E-state index contributed by atoms with van der Waals surface area (Å²) < 4.78 is 0. The summed E-state index contributed by atoms with van der Waals surface area (Å²) in [5.41, 5.74) is 0.905. The van der Waals surface area contributed by atoms with Gasteiger partial charge >= 0.3 is 0 Å². The molecule has 4 heterocycles. The van der Waals surface area contributed by atoms with Crippen LogP contribution < -0.4 is 31.9 Å². The Morgan fingerprint density at radius 1 is 0.522 bits per heavy atom. The molecule has 3 aliphatic rings. The van der Waals surface area contributed by atoms with Gasteiger partial charge in [-0.2, -0.15) is 15.0 Å². The maximum atomic E-state index is 4.88. The van der Waals surface area contributed by atoms with E-state index in [-0.39, 0.29) is 39.3 Å². The highest BCUT2D eigenvalue weighted by molar-refractivity contribution is 5.42. The zero-order valence-corrected chi connectivity index (χ0v) is 31.9. The van der Waals surface area contributed by atoms with Gasteiger partial charge in [0.2, 0.25) is 17.8 Å². The maximum absolute atomic E-state index is 4.88. The van der Waals surface area contributed by atoms with E-state index >= 15 is 0 Å². The molecule has 9 heteroatoms. The number of hydrogen-bond donors (Lipinski definition) is 6. The molecule has 9 nitrogen and oxygen atoms in total. The zero-order valence-electron chi connectivity index (χ0n) is 31.9. The van der Waals surface area contributed by atoms with Crippen molar-refractivity contribution < 1.29 is 0 Å². The summed E-state index contributed by atoms with van der Waals surface area (Å²) in [6, 6.07) is 0.260. The third kappa shape index (κ3) is 11.8. The number of nitrogens with zero attached hydrogens (tertiary/aromatic N) is 3. The number of aromatic nitrogens is 3. The number of anilines is 3. The van der Waals surface area contributed by atoms with E-state index in [1.54, 1.807) is 0 Å². The lowest BCUT2D eigenvalue weighted by molar-refractivity contribution is 0.121. The predicted molar refractivity (Wildman–Crippen MR) is 196 cm³/mol. The van der Waals surface area contributed by atoms with Crippen molar-refractivity contribution in [3.8, 4) is 0 Å². The second kappa shape index (κ2) is 13.7. The first-order chi connectivity index (χ1) is 21.0. The Hall–Kier alpha value is -1.71. The van der Waals surface area contributed by atoms with Crippen molar-refractivity contribution in [1.82, 2.24) is 30.9 Å². The molecule has 3 aliphatic heterocycles. The molecule has 0 radical (unpaired) electrons. The van der Waals surface area contributed by atoms with Crippen molar-refractivity contribution >= 4 is 17.8 Å². The van der Waals surface area contributed by atoms with Gasteiger partial charge in [-0.1, -0.05) is 0 Å². The van der Waals surface area contributed by atoms with E-state index in [1.807, 2.05) is 0 Å². The fraction of sp³-hybridized carbons (Fsp3) is 0.919. The molecule has 264 valence electrons. The number of piperidine rings is 3. The topological polar surface area (TPSA) is 111 Å². The molecule has 3 fully saturated rings. The summed E-state index contributed by atoms with van der Waals surface area (Å²) in [6.07, 6.45) is 10.4. The second-order valence-corrected chi connectivity index (χ2v) is 19.5. The Labute approximate surface area is 282 Å². The van der Waals surface area contributed by atoms with E-state index in [2.05, 4.69) is 122 Å². The van der Waals surface area contributed by atoms with Crippen molar-refractivity contribution in [3.05, 3.63) is 0 Å². The highest BCUT2D eigenvalue weighted by Crippen LogP contribution is 2.37. The highest BCUT2D eigenvalue weighted by atomic mass is 15.3. The molecule has 6 N–H and O–H groups in total. The van der Waals surface area contributed by atoms with Crippen LogP contribution in [0.3, 0.4) is 0 Å². The predicted octanol–water partition coefficient (Wildman–Crippen LogP) is 7.34. The van der Waals surface area contributed by atoms with E-state index in [1.165, 1.54) is 38.5 Å². The third-order valence-corrected chi connectivity index (χ3v) is 10.2. The highest BCUT2D eigenvalue weighted by Gasteiger charge is 2.39. The number of hydrogen-bond acceptors (Lipinski definition) is 9. The zero-order chi connectivity index (χ0) is 34.2. The minimum atomic E-state index is 0.144. The molecule has 1 atom stereocenters. The lowest BCUT2D eigenvalue weighted by Gasteiger charge is -2.47. The summed E-state index contributed by atoms with van der Waals surface area (Å²) >= 11 is 0. The standard InChI is InChI=1S/C37H71N9/c1-25(18-28-23-36(10,11)46-37(12,13)24-28)40-31-42-29(38-16-14-26-19-32(2,3)44-33(4,5)20-26)41-30(43-31)39-17-15-27-21-34(6,7)45-35(8,9)22-27/h25-28,44-46H,14-24H2,1-13H3,(H3,38,39,40,41,42,43). The first-order valence-electron chi connectivity index (χ1n) is 18.4. The van der Waals surface area contributed by atoms with E-state index in [0.29, 0.717) is 35.6 Å². The average molecular weight is 642 g/mol. The van der Waals surface area contributed by atoms with Crippen molar-refractivity contribution in [2.24, 2.45) is 17.8 Å². The van der Waals surface area contributed by atoms with E-state index in [9.17, 15) is 0 Å². The van der Waals surface area contributed by atoms with Crippen LogP contribution in [0.4, 0.5) is 17.8 Å². The van der Waals surface area contributed by atoms with Crippen LogP contribution in [0.2, 0.25) is 0 Å². The van der Waals surface area contributed by atoms with E-state index in [0.717, 1.165) is 32.4 Å². The smallest absolute Gasteiger partial charge is 0.229 e. The molecule has 1 aromatic rings. The van der Waals surface area contributed by atoms with Crippen LogP contribution in [0.25, 0.3) is 0 Å². The average Bonchev–Trinajstić information content (AvgIpc) is 2.77. The van der Waals surface area contributed by atoms with Crippen molar-refractivity contribution in [2.45, 2.75) is 187 Å². The Balaban J connectivity index is 1.41. The van der Waals surface area contributed by atoms with E-state index < -0.39 is 0 Å². The Morgan fingerprint density at radius 2 is 0.826 bits per heavy atom. The molecular weight excluding hydrogens is 570 g/mol. The molecule has 46 heavy (non-hydrogen) atoms. The lowest BCUT2D eigenvalue weighted by atomic mass is 9.74. The van der Waals surface area contributed by atoms with Gasteiger partial charge in [-0.05, 0) is 166 Å². The van der Waals surface area contributed by atoms with Gasteiger partial charge in [0.1, 0.15) is 0 Å². The minimum Gasteiger partial charge on any atom is -0.354 e. The molecule has 0 amide bonds. The van der Waals surface area contributed by atoms with Gasteiger partial charge in [0.15, 0.2) is 0 Å². The maximum Gasteiger partial charge on any atom is 0.229 e. The van der Waals surface area contributed by atoms with Crippen molar-refractivity contribution in [3.63, 3.8) is 0 Å². The molecular formula is C37H71N9.